The number of pyridine rings is 1. The van der Waals surface area contributed by atoms with Gasteiger partial charge >= 0.3 is 0 Å². The molecule has 1 aromatic rings. The third-order valence-corrected chi connectivity index (χ3v) is 2.42. The molecule has 0 saturated carbocycles. The summed E-state index contributed by atoms with van der Waals surface area (Å²) >= 11 is 0. The second-order valence-corrected chi connectivity index (χ2v) is 4.43. The van der Waals surface area contributed by atoms with Crippen LogP contribution in [0.2, 0.25) is 0 Å². The number of rotatable bonds is 8. The van der Waals surface area contributed by atoms with Crippen LogP contribution in [-0.4, -0.2) is 49.5 Å². The number of amides is 1. The summed E-state index contributed by atoms with van der Waals surface area (Å²) in [5.74, 6) is 0.0321. The standard InChI is InChI=1S/C13H22N4O/c1-17(2)9-5-8-16-13(18)11-14-10-12-6-3-4-7-15-12/h3-4,6-7,14H,5,8-11H2,1-2H3,(H,16,18). The molecule has 0 saturated heterocycles. The molecule has 2 N–H and O–H groups in total. The van der Waals surface area contributed by atoms with Crippen molar-refractivity contribution in [2.45, 2.75) is 13.0 Å². The Kier molecular flexibility index (Phi) is 6.98. The number of nitrogens with one attached hydrogen (secondary N) is 2. The van der Waals surface area contributed by atoms with E-state index in [9.17, 15) is 4.79 Å². The Morgan fingerprint density at radius 3 is 2.89 bits per heavy atom. The zero-order valence-corrected chi connectivity index (χ0v) is 11.1. The predicted molar refractivity (Wildman–Crippen MR) is 72.1 cm³/mol. The monoisotopic (exact) mass is 250 g/mol. The number of nitrogens with zero attached hydrogens (tertiary/aromatic N) is 2. The van der Waals surface area contributed by atoms with Crippen molar-refractivity contribution in [3.8, 4) is 0 Å². The van der Waals surface area contributed by atoms with E-state index in [-0.39, 0.29) is 5.91 Å². The molecule has 0 aliphatic carbocycles. The highest BCUT2D eigenvalue weighted by molar-refractivity contribution is 5.77. The lowest BCUT2D eigenvalue weighted by Crippen LogP contribution is -2.35. The number of aromatic nitrogens is 1. The van der Waals surface area contributed by atoms with Crippen LogP contribution in [0.15, 0.2) is 24.4 Å². The van der Waals surface area contributed by atoms with Gasteiger partial charge in [-0.1, -0.05) is 6.07 Å². The van der Waals surface area contributed by atoms with Gasteiger partial charge in [0, 0.05) is 19.3 Å². The summed E-state index contributed by atoms with van der Waals surface area (Å²) in [5.41, 5.74) is 0.943. The summed E-state index contributed by atoms with van der Waals surface area (Å²) in [6.45, 7) is 2.66. The Hall–Kier alpha value is -1.46. The van der Waals surface area contributed by atoms with E-state index >= 15 is 0 Å². The van der Waals surface area contributed by atoms with Crippen molar-refractivity contribution in [1.29, 1.82) is 0 Å². The van der Waals surface area contributed by atoms with E-state index in [1.165, 1.54) is 0 Å². The van der Waals surface area contributed by atoms with Crippen LogP contribution in [0.4, 0.5) is 0 Å². The minimum absolute atomic E-state index is 0.0321. The molecule has 5 nitrogen and oxygen atoms in total. The second kappa shape index (κ2) is 8.60. The lowest BCUT2D eigenvalue weighted by Gasteiger charge is -2.10. The maximum atomic E-state index is 11.5. The molecule has 100 valence electrons. The molecule has 5 heteroatoms. The van der Waals surface area contributed by atoms with Crippen molar-refractivity contribution in [1.82, 2.24) is 20.5 Å². The predicted octanol–water partition coefficient (Wildman–Crippen LogP) is 0.239. The Balaban J connectivity index is 2.03. The molecule has 18 heavy (non-hydrogen) atoms. The molecule has 0 radical (unpaired) electrons. The van der Waals surface area contributed by atoms with E-state index in [2.05, 4.69) is 20.5 Å². The minimum Gasteiger partial charge on any atom is -0.355 e. The molecule has 0 atom stereocenters. The summed E-state index contributed by atoms with van der Waals surface area (Å²) in [6, 6.07) is 5.74. The lowest BCUT2D eigenvalue weighted by molar-refractivity contribution is -0.120. The van der Waals surface area contributed by atoms with Gasteiger partial charge in [-0.15, -0.1) is 0 Å². The van der Waals surface area contributed by atoms with E-state index in [4.69, 9.17) is 0 Å². The smallest absolute Gasteiger partial charge is 0.233 e. The highest BCUT2D eigenvalue weighted by Gasteiger charge is 2.00. The lowest BCUT2D eigenvalue weighted by atomic mass is 10.3. The zero-order valence-electron chi connectivity index (χ0n) is 11.1. The van der Waals surface area contributed by atoms with Crippen LogP contribution < -0.4 is 10.6 Å². The van der Waals surface area contributed by atoms with Gasteiger partial charge in [-0.2, -0.15) is 0 Å². The zero-order chi connectivity index (χ0) is 13.2. The first-order valence-corrected chi connectivity index (χ1v) is 6.20. The average molecular weight is 250 g/mol. The molecule has 0 spiro atoms. The number of carbonyl (C=O) groups excluding carboxylic acids is 1. The number of hydrogen-bond acceptors (Lipinski definition) is 4. The van der Waals surface area contributed by atoms with E-state index < -0.39 is 0 Å². The SMILES string of the molecule is CN(C)CCCNC(=O)CNCc1ccccn1. The fourth-order valence-corrected chi connectivity index (χ4v) is 1.49. The van der Waals surface area contributed by atoms with Crippen molar-refractivity contribution < 1.29 is 4.79 Å². The molecule has 0 bridgehead atoms. The number of carbonyl (C=O) groups is 1. The van der Waals surface area contributed by atoms with Gasteiger partial charge in [-0.3, -0.25) is 9.78 Å². The van der Waals surface area contributed by atoms with E-state index in [0.29, 0.717) is 13.1 Å². The molecule has 0 aromatic carbocycles. The maximum Gasteiger partial charge on any atom is 0.233 e. The minimum atomic E-state index is 0.0321. The summed E-state index contributed by atoms with van der Waals surface area (Å²) in [5, 5.41) is 5.94. The second-order valence-electron chi connectivity index (χ2n) is 4.43. The molecular formula is C13H22N4O. The van der Waals surface area contributed by atoms with Crippen molar-refractivity contribution in [2.24, 2.45) is 0 Å². The van der Waals surface area contributed by atoms with Gasteiger partial charge in [0.1, 0.15) is 0 Å². The average Bonchev–Trinajstić information content (AvgIpc) is 2.36. The maximum absolute atomic E-state index is 11.5. The van der Waals surface area contributed by atoms with Crippen LogP contribution >= 0.6 is 0 Å². The molecule has 0 aliphatic heterocycles. The largest absolute Gasteiger partial charge is 0.355 e. The third kappa shape index (κ3) is 6.98. The van der Waals surface area contributed by atoms with Crippen LogP contribution in [-0.2, 0) is 11.3 Å². The molecule has 1 aromatic heterocycles. The molecular weight excluding hydrogens is 228 g/mol. The van der Waals surface area contributed by atoms with Gasteiger partial charge in [0.25, 0.3) is 0 Å². The van der Waals surface area contributed by atoms with Gasteiger partial charge in [0.15, 0.2) is 0 Å². The van der Waals surface area contributed by atoms with Gasteiger partial charge in [0.05, 0.1) is 12.2 Å². The van der Waals surface area contributed by atoms with Crippen LogP contribution in [0, 0.1) is 0 Å². The molecule has 1 heterocycles. The first-order chi connectivity index (χ1) is 8.68. The molecule has 0 unspecified atom stereocenters. The summed E-state index contributed by atoms with van der Waals surface area (Å²) < 4.78 is 0. The highest BCUT2D eigenvalue weighted by Crippen LogP contribution is 1.91. The molecule has 1 rings (SSSR count). The van der Waals surface area contributed by atoms with Crippen molar-refractivity contribution in [2.75, 3.05) is 33.7 Å². The van der Waals surface area contributed by atoms with Crippen molar-refractivity contribution in [3.63, 3.8) is 0 Å². The highest BCUT2D eigenvalue weighted by atomic mass is 16.1. The van der Waals surface area contributed by atoms with Crippen molar-refractivity contribution in [3.05, 3.63) is 30.1 Å². The van der Waals surface area contributed by atoms with E-state index in [1.807, 2.05) is 32.3 Å². The Morgan fingerprint density at radius 1 is 1.39 bits per heavy atom. The van der Waals surface area contributed by atoms with Gasteiger partial charge in [-0.25, -0.2) is 0 Å². The van der Waals surface area contributed by atoms with Gasteiger partial charge in [-0.05, 0) is 39.2 Å². The third-order valence-electron chi connectivity index (χ3n) is 2.42. The van der Waals surface area contributed by atoms with Crippen molar-refractivity contribution >= 4 is 5.91 Å². The van der Waals surface area contributed by atoms with Gasteiger partial charge < -0.3 is 15.5 Å². The molecule has 0 fully saturated rings. The van der Waals surface area contributed by atoms with E-state index in [0.717, 1.165) is 25.2 Å². The summed E-state index contributed by atoms with van der Waals surface area (Å²) in [7, 11) is 4.05. The Labute approximate surface area is 109 Å². The molecule has 0 aliphatic rings. The fraction of sp³-hybridized carbons (Fsp3) is 0.538. The summed E-state index contributed by atoms with van der Waals surface area (Å²) in [6.07, 6.45) is 2.72. The fourth-order valence-electron chi connectivity index (χ4n) is 1.49. The normalized spacial score (nSPS) is 10.6. The van der Waals surface area contributed by atoms with Gasteiger partial charge in [0.2, 0.25) is 5.91 Å². The van der Waals surface area contributed by atoms with Crippen LogP contribution in [0.25, 0.3) is 0 Å². The summed E-state index contributed by atoms with van der Waals surface area (Å²) in [4.78, 5) is 17.7. The van der Waals surface area contributed by atoms with Crippen LogP contribution in [0.1, 0.15) is 12.1 Å². The first kappa shape index (κ1) is 14.6. The quantitative estimate of drug-likeness (QED) is 0.649. The topological polar surface area (TPSA) is 57.3 Å². The Morgan fingerprint density at radius 2 is 2.22 bits per heavy atom. The number of hydrogen-bond donors (Lipinski definition) is 2. The van der Waals surface area contributed by atoms with Crippen LogP contribution in [0.3, 0.4) is 0 Å². The molecule has 1 amide bonds. The van der Waals surface area contributed by atoms with Crippen LogP contribution in [0.5, 0.6) is 0 Å². The Bertz CT molecular complexity index is 340. The van der Waals surface area contributed by atoms with E-state index in [1.54, 1.807) is 6.20 Å². The first-order valence-electron chi connectivity index (χ1n) is 6.20.